The van der Waals surface area contributed by atoms with Crippen LogP contribution in [-0.4, -0.2) is 36.8 Å². The molecule has 7 nitrogen and oxygen atoms in total. The van der Waals surface area contributed by atoms with E-state index in [4.69, 9.17) is 0 Å². The topological polar surface area (TPSA) is 84.3 Å². The lowest BCUT2D eigenvalue weighted by Gasteiger charge is -2.04. The standard InChI is InChI=1S/C10H11N7S/c1-11-9-14-7-6(5-13-16-7)8(15-9)18-10-12-3-4-17(10)2/h3-5H,1-2H3,(H2,11,13,14,15,16). The normalized spacial score (nSPS) is 11.0. The number of hydrogen-bond acceptors (Lipinski definition) is 6. The maximum Gasteiger partial charge on any atom is 0.225 e. The van der Waals surface area contributed by atoms with E-state index in [1.54, 1.807) is 19.4 Å². The Labute approximate surface area is 107 Å². The highest BCUT2D eigenvalue weighted by Gasteiger charge is 2.12. The van der Waals surface area contributed by atoms with Crippen LogP contribution in [0.25, 0.3) is 11.0 Å². The van der Waals surface area contributed by atoms with Crippen molar-refractivity contribution < 1.29 is 0 Å². The molecule has 3 rings (SSSR count). The zero-order chi connectivity index (χ0) is 12.5. The van der Waals surface area contributed by atoms with Crippen LogP contribution in [0.5, 0.6) is 0 Å². The zero-order valence-corrected chi connectivity index (χ0v) is 10.7. The van der Waals surface area contributed by atoms with Crippen LogP contribution in [0.1, 0.15) is 0 Å². The smallest absolute Gasteiger partial charge is 0.225 e. The molecule has 0 spiro atoms. The number of aryl methyl sites for hydroxylation is 1. The third-order valence-electron chi connectivity index (χ3n) is 2.46. The Bertz CT molecular complexity index is 686. The van der Waals surface area contributed by atoms with Crippen LogP contribution in [0.15, 0.2) is 28.8 Å². The summed E-state index contributed by atoms with van der Waals surface area (Å²) in [5.41, 5.74) is 0.714. The van der Waals surface area contributed by atoms with Crippen LogP contribution in [0.2, 0.25) is 0 Å². The molecule has 0 aliphatic carbocycles. The molecule has 0 bridgehead atoms. The number of rotatable bonds is 3. The van der Waals surface area contributed by atoms with Crippen molar-refractivity contribution in [2.75, 3.05) is 12.4 Å². The van der Waals surface area contributed by atoms with Crippen LogP contribution in [0.4, 0.5) is 5.95 Å². The van der Waals surface area contributed by atoms with E-state index >= 15 is 0 Å². The van der Waals surface area contributed by atoms with E-state index < -0.39 is 0 Å². The summed E-state index contributed by atoms with van der Waals surface area (Å²) < 4.78 is 1.94. The monoisotopic (exact) mass is 261 g/mol. The lowest BCUT2D eigenvalue weighted by molar-refractivity contribution is 0.789. The minimum absolute atomic E-state index is 0.559. The van der Waals surface area contributed by atoms with E-state index in [1.807, 2.05) is 17.8 Å². The SMILES string of the molecule is CNc1nc(Sc2nccn2C)c2cn[nH]c2n1. The summed E-state index contributed by atoms with van der Waals surface area (Å²) in [4.78, 5) is 13.0. The Morgan fingerprint density at radius 3 is 3.00 bits per heavy atom. The number of hydrogen-bond donors (Lipinski definition) is 2. The molecule has 3 heterocycles. The molecule has 0 aliphatic heterocycles. The Morgan fingerprint density at radius 2 is 2.28 bits per heavy atom. The first-order valence-electron chi connectivity index (χ1n) is 5.32. The first-order valence-corrected chi connectivity index (χ1v) is 6.13. The van der Waals surface area contributed by atoms with Crippen molar-refractivity contribution in [3.63, 3.8) is 0 Å². The molecule has 0 aliphatic rings. The van der Waals surface area contributed by atoms with Gasteiger partial charge in [0, 0.05) is 26.5 Å². The summed E-state index contributed by atoms with van der Waals surface area (Å²) in [6, 6.07) is 0. The summed E-state index contributed by atoms with van der Waals surface area (Å²) in [6.45, 7) is 0. The summed E-state index contributed by atoms with van der Waals surface area (Å²) in [7, 11) is 3.73. The summed E-state index contributed by atoms with van der Waals surface area (Å²) in [5.74, 6) is 0.559. The second kappa shape index (κ2) is 4.30. The Morgan fingerprint density at radius 1 is 1.39 bits per heavy atom. The molecule has 0 saturated heterocycles. The van der Waals surface area contributed by atoms with Crippen molar-refractivity contribution in [2.45, 2.75) is 10.2 Å². The van der Waals surface area contributed by atoms with Gasteiger partial charge in [-0.2, -0.15) is 10.1 Å². The molecule has 3 aromatic heterocycles. The van der Waals surface area contributed by atoms with Gasteiger partial charge in [0.05, 0.1) is 11.6 Å². The summed E-state index contributed by atoms with van der Waals surface area (Å²) >= 11 is 1.49. The van der Waals surface area contributed by atoms with Crippen molar-refractivity contribution in [1.82, 2.24) is 29.7 Å². The third kappa shape index (κ3) is 1.80. The van der Waals surface area contributed by atoms with Crippen LogP contribution in [0, 0.1) is 0 Å². The molecule has 3 aromatic rings. The van der Waals surface area contributed by atoms with E-state index in [0.717, 1.165) is 15.6 Å². The second-order valence-electron chi connectivity index (χ2n) is 3.66. The van der Waals surface area contributed by atoms with E-state index in [1.165, 1.54) is 11.8 Å². The maximum absolute atomic E-state index is 4.43. The lowest BCUT2D eigenvalue weighted by atomic mass is 10.4. The zero-order valence-electron chi connectivity index (χ0n) is 9.88. The van der Waals surface area contributed by atoms with Crippen molar-refractivity contribution >= 4 is 28.7 Å². The van der Waals surface area contributed by atoms with Gasteiger partial charge in [-0.15, -0.1) is 0 Å². The molecule has 0 saturated carbocycles. The van der Waals surface area contributed by atoms with Crippen LogP contribution in [0.3, 0.4) is 0 Å². The number of H-pyrrole nitrogens is 1. The predicted octanol–water partition coefficient (Wildman–Crippen LogP) is 1.28. The molecule has 0 atom stereocenters. The fraction of sp³-hybridized carbons (Fsp3) is 0.200. The van der Waals surface area contributed by atoms with Gasteiger partial charge in [0.1, 0.15) is 5.03 Å². The van der Waals surface area contributed by atoms with Crippen molar-refractivity contribution in [3.8, 4) is 0 Å². The Hall–Kier alpha value is -2.09. The molecule has 0 unspecified atom stereocenters. The third-order valence-corrected chi connectivity index (χ3v) is 3.54. The molecule has 8 heteroatoms. The molecule has 92 valence electrons. The highest BCUT2D eigenvalue weighted by atomic mass is 32.2. The van der Waals surface area contributed by atoms with Crippen LogP contribution in [-0.2, 0) is 7.05 Å². The number of aromatic nitrogens is 6. The molecule has 0 radical (unpaired) electrons. The van der Waals surface area contributed by atoms with Gasteiger partial charge in [0.15, 0.2) is 10.8 Å². The largest absolute Gasteiger partial charge is 0.357 e. The first kappa shape index (κ1) is 11.0. The fourth-order valence-electron chi connectivity index (χ4n) is 1.53. The molecular weight excluding hydrogens is 250 g/mol. The Balaban J connectivity index is 2.10. The van der Waals surface area contributed by atoms with E-state index in [-0.39, 0.29) is 0 Å². The molecule has 18 heavy (non-hydrogen) atoms. The number of nitrogens with one attached hydrogen (secondary N) is 2. The van der Waals surface area contributed by atoms with Gasteiger partial charge in [0.2, 0.25) is 5.95 Å². The second-order valence-corrected chi connectivity index (χ2v) is 4.61. The molecule has 0 fully saturated rings. The maximum atomic E-state index is 4.43. The highest BCUT2D eigenvalue weighted by molar-refractivity contribution is 7.99. The van der Waals surface area contributed by atoms with Gasteiger partial charge in [0.25, 0.3) is 0 Å². The minimum atomic E-state index is 0.559. The van der Waals surface area contributed by atoms with E-state index in [0.29, 0.717) is 11.6 Å². The first-order chi connectivity index (χ1) is 8.78. The van der Waals surface area contributed by atoms with Crippen LogP contribution >= 0.6 is 11.8 Å². The number of anilines is 1. The number of fused-ring (bicyclic) bond motifs is 1. The molecule has 0 amide bonds. The average molecular weight is 261 g/mol. The summed E-state index contributed by atoms with van der Waals surface area (Å²) in [5, 5.41) is 12.4. The number of imidazole rings is 1. The van der Waals surface area contributed by atoms with Gasteiger partial charge in [-0.05, 0) is 11.8 Å². The van der Waals surface area contributed by atoms with Crippen molar-refractivity contribution in [1.29, 1.82) is 0 Å². The van der Waals surface area contributed by atoms with Gasteiger partial charge >= 0.3 is 0 Å². The highest BCUT2D eigenvalue weighted by Crippen LogP contribution is 2.30. The van der Waals surface area contributed by atoms with E-state index in [2.05, 4.69) is 30.5 Å². The van der Waals surface area contributed by atoms with Gasteiger partial charge in [-0.3, -0.25) is 5.10 Å². The van der Waals surface area contributed by atoms with Crippen LogP contribution < -0.4 is 5.32 Å². The van der Waals surface area contributed by atoms with Gasteiger partial charge in [-0.1, -0.05) is 0 Å². The lowest BCUT2D eigenvalue weighted by Crippen LogP contribution is -1.98. The molecular formula is C10H11N7S. The van der Waals surface area contributed by atoms with E-state index in [9.17, 15) is 0 Å². The number of nitrogens with zero attached hydrogens (tertiary/aromatic N) is 5. The van der Waals surface area contributed by atoms with Crippen molar-refractivity contribution in [3.05, 3.63) is 18.6 Å². The number of aromatic amines is 1. The van der Waals surface area contributed by atoms with Gasteiger partial charge < -0.3 is 9.88 Å². The fourth-order valence-corrected chi connectivity index (χ4v) is 2.42. The quantitative estimate of drug-likeness (QED) is 0.691. The van der Waals surface area contributed by atoms with Crippen molar-refractivity contribution in [2.24, 2.45) is 7.05 Å². The average Bonchev–Trinajstić information content (AvgIpc) is 2.98. The molecule has 0 aromatic carbocycles. The summed E-state index contributed by atoms with van der Waals surface area (Å²) in [6.07, 6.45) is 5.38. The predicted molar refractivity (Wildman–Crippen MR) is 68.6 cm³/mol. The van der Waals surface area contributed by atoms with Gasteiger partial charge in [-0.25, -0.2) is 9.97 Å². The molecule has 2 N–H and O–H groups in total. The Kier molecular flexibility index (Phi) is 2.63. The minimum Gasteiger partial charge on any atom is -0.357 e.